The van der Waals surface area contributed by atoms with E-state index in [9.17, 15) is 9.18 Å². The molecule has 2 amide bonds. The van der Waals surface area contributed by atoms with Gasteiger partial charge < -0.3 is 5.32 Å². The second-order valence-corrected chi connectivity index (χ2v) is 5.70. The Balaban J connectivity index is 1.75. The fourth-order valence-electron chi connectivity index (χ4n) is 2.57. The molecule has 4 heteroatoms. The first-order chi connectivity index (χ1) is 12.2. The number of halogens is 1. The van der Waals surface area contributed by atoms with Crippen LogP contribution in [0.2, 0.25) is 0 Å². The van der Waals surface area contributed by atoms with Crippen molar-refractivity contribution in [2.75, 3.05) is 4.90 Å². The number of benzene rings is 3. The summed E-state index contributed by atoms with van der Waals surface area (Å²) >= 11 is 0. The van der Waals surface area contributed by atoms with Gasteiger partial charge in [0.25, 0.3) is 0 Å². The summed E-state index contributed by atoms with van der Waals surface area (Å²) in [6, 6.07) is 25.3. The average Bonchev–Trinajstić information content (AvgIpc) is 2.66. The topological polar surface area (TPSA) is 32.3 Å². The lowest BCUT2D eigenvalue weighted by Gasteiger charge is -2.23. The van der Waals surface area contributed by atoms with Gasteiger partial charge in [0.15, 0.2) is 0 Å². The van der Waals surface area contributed by atoms with Gasteiger partial charge in [-0.25, -0.2) is 9.18 Å². The lowest BCUT2D eigenvalue weighted by molar-refractivity contribution is 0.245. The number of carbonyl (C=O) groups is 1. The van der Waals surface area contributed by atoms with E-state index in [2.05, 4.69) is 5.32 Å². The molecule has 0 atom stereocenters. The van der Waals surface area contributed by atoms with Crippen LogP contribution in [0.1, 0.15) is 11.1 Å². The van der Waals surface area contributed by atoms with E-state index in [1.54, 1.807) is 17.0 Å². The van der Waals surface area contributed by atoms with Crippen LogP contribution in [0.25, 0.3) is 0 Å². The first-order valence-electron chi connectivity index (χ1n) is 8.11. The molecule has 0 aliphatic heterocycles. The Morgan fingerprint density at radius 3 is 2.16 bits per heavy atom. The number of amides is 2. The fourth-order valence-corrected chi connectivity index (χ4v) is 2.57. The van der Waals surface area contributed by atoms with Gasteiger partial charge in [0.2, 0.25) is 0 Å². The SMILES string of the molecule is O=C(NCc1cccc(F)c1)N(Cc1ccccc1)c1ccccc1. The smallest absolute Gasteiger partial charge is 0.322 e. The van der Waals surface area contributed by atoms with Gasteiger partial charge in [-0.1, -0.05) is 60.7 Å². The zero-order valence-electron chi connectivity index (χ0n) is 13.7. The molecule has 0 unspecified atom stereocenters. The monoisotopic (exact) mass is 334 g/mol. The molecule has 0 saturated heterocycles. The van der Waals surface area contributed by atoms with Crippen molar-refractivity contribution in [3.63, 3.8) is 0 Å². The number of nitrogens with zero attached hydrogens (tertiary/aromatic N) is 1. The van der Waals surface area contributed by atoms with Crippen LogP contribution in [-0.2, 0) is 13.1 Å². The predicted molar refractivity (Wildman–Crippen MR) is 97.7 cm³/mol. The molecular weight excluding hydrogens is 315 g/mol. The number of urea groups is 1. The van der Waals surface area contributed by atoms with E-state index >= 15 is 0 Å². The van der Waals surface area contributed by atoms with Crippen molar-refractivity contribution in [1.82, 2.24) is 5.32 Å². The summed E-state index contributed by atoms with van der Waals surface area (Å²) in [5.74, 6) is -0.309. The van der Waals surface area contributed by atoms with Crippen molar-refractivity contribution in [3.8, 4) is 0 Å². The van der Waals surface area contributed by atoms with Gasteiger partial charge in [-0.2, -0.15) is 0 Å². The first kappa shape index (κ1) is 16.7. The number of nitrogens with one attached hydrogen (secondary N) is 1. The maximum absolute atomic E-state index is 13.3. The van der Waals surface area contributed by atoms with Crippen LogP contribution in [0.15, 0.2) is 84.9 Å². The van der Waals surface area contributed by atoms with Crippen LogP contribution in [0.5, 0.6) is 0 Å². The number of para-hydroxylation sites is 1. The number of carbonyl (C=O) groups excluding carboxylic acids is 1. The maximum atomic E-state index is 13.3. The van der Waals surface area contributed by atoms with Gasteiger partial charge in [-0.15, -0.1) is 0 Å². The third-order valence-corrected chi connectivity index (χ3v) is 3.83. The summed E-state index contributed by atoms with van der Waals surface area (Å²) in [4.78, 5) is 14.4. The molecule has 0 radical (unpaired) electrons. The number of anilines is 1. The molecule has 0 spiro atoms. The highest BCUT2D eigenvalue weighted by atomic mass is 19.1. The van der Waals surface area contributed by atoms with Crippen molar-refractivity contribution in [3.05, 3.63) is 102 Å². The summed E-state index contributed by atoms with van der Waals surface area (Å²) in [7, 11) is 0. The Morgan fingerprint density at radius 2 is 1.48 bits per heavy atom. The van der Waals surface area contributed by atoms with Gasteiger partial charge in [0, 0.05) is 12.2 Å². The molecule has 3 aromatic carbocycles. The number of hydrogen-bond acceptors (Lipinski definition) is 1. The molecule has 0 aliphatic carbocycles. The summed E-state index contributed by atoms with van der Waals surface area (Å²) < 4.78 is 13.3. The van der Waals surface area contributed by atoms with Gasteiger partial charge in [-0.05, 0) is 35.4 Å². The van der Waals surface area contributed by atoms with E-state index < -0.39 is 0 Å². The standard InChI is InChI=1S/C21H19FN2O/c22-19-11-7-10-18(14-19)15-23-21(25)24(20-12-5-2-6-13-20)16-17-8-3-1-4-9-17/h1-14H,15-16H2,(H,23,25). The highest BCUT2D eigenvalue weighted by Crippen LogP contribution is 2.17. The Morgan fingerprint density at radius 1 is 0.840 bits per heavy atom. The van der Waals surface area contributed by atoms with E-state index in [0.717, 1.165) is 16.8 Å². The van der Waals surface area contributed by atoms with Gasteiger partial charge in [0.1, 0.15) is 5.82 Å². The van der Waals surface area contributed by atoms with Gasteiger partial charge in [-0.3, -0.25) is 4.90 Å². The van der Waals surface area contributed by atoms with Crippen LogP contribution >= 0.6 is 0 Å². The minimum absolute atomic E-state index is 0.223. The molecule has 3 aromatic rings. The maximum Gasteiger partial charge on any atom is 0.322 e. The summed E-state index contributed by atoms with van der Waals surface area (Å²) in [5.41, 5.74) is 2.57. The highest BCUT2D eigenvalue weighted by Gasteiger charge is 2.15. The second-order valence-electron chi connectivity index (χ2n) is 5.70. The Kier molecular flexibility index (Phi) is 5.42. The van der Waals surface area contributed by atoms with E-state index in [4.69, 9.17) is 0 Å². The molecule has 0 heterocycles. The lowest BCUT2D eigenvalue weighted by atomic mass is 10.2. The minimum atomic E-state index is -0.309. The first-order valence-corrected chi connectivity index (χ1v) is 8.11. The number of hydrogen-bond donors (Lipinski definition) is 1. The van der Waals surface area contributed by atoms with Crippen molar-refractivity contribution in [2.24, 2.45) is 0 Å². The molecule has 3 nitrogen and oxygen atoms in total. The zero-order valence-corrected chi connectivity index (χ0v) is 13.7. The molecular formula is C21H19FN2O. The summed E-state index contributed by atoms with van der Waals surface area (Å²) in [5, 5.41) is 2.87. The summed E-state index contributed by atoms with van der Waals surface area (Å²) in [6.07, 6.45) is 0. The van der Waals surface area contributed by atoms with Crippen LogP contribution in [0.3, 0.4) is 0 Å². The Labute approximate surface area is 146 Å². The van der Waals surface area contributed by atoms with E-state index in [1.807, 2.05) is 60.7 Å². The Hall–Kier alpha value is -3.14. The Bertz CT molecular complexity index is 822. The van der Waals surface area contributed by atoms with Crippen molar-refractivity contribution < 1.29 is 9.18 Å². The molecule has 1 N–H and O–H groups in total. The van der Waals surface area contributed by atoms with Crippen LogP contribution in [0, 0.1) is 5.82 Å². The van der Waals surface area contributed by atoms with Gasteiger partial charge in [0.05, 0.1) is 6.54 Å². The molecule has 0 saturated carbocycles. The highest BCUT2D eigenvalue weighted by molar-refractivity contribution is 5.91. The van der Waals surface area contributed by atoms with Crippen molar-refractivity contribution >= 4 is 11.7 Å². The van der Waals surface area contributed by atoms with Crippen molar-refractivity contribution in [1.29, 1.82) is 0 Å². The molecule has 0 fully saturated rings. The van der Waals surface area contributed by atoms with Gasteiger partial charge >= 0.3 is 6.03 Å². The molecule has 3 rings (SSSR count). The largest absolute Gasteiger partial charge is 0.334 e. The third-order valence-electron chi connectivity index (χ3n) is 3.83. The second kappa shape index (κ2) is 8.11. The van der Waals surface area contributed by atoms with E-state index in [1.165, 1.54) is 12.1 Å². The minimum Gasteiger partial charge on any atom is -0.334 e. The molecule has 0 aromatic heterocycles. The van der Waals surface area contributed by atoms with E-state index in [-0.39, 0.29) is 18.4 Å². The lowest BCUT2D eigenvalue weighted by Crippen LogP contribution is -2.39. The molecule has 0 aliphatic rings. The quantitative estimate of drug-likeness (QED) is 0.718. The average molecular weight is 334 g/mol. The summed E-state index contributed by atoms with van der Waals surface area (Å²) in [6.45, 7) is 0.731. The third kappa shape index (κ3) is 4.67. The number of rotatable bonds is 5. The normalized spacial score (nSPS) is 10.3. The molecule has 126 valence electrons. The van der Waals surface area contributed by atoms with E-state index in [0.29, 0.717) is 6.54 Å². The fraction of sp³-hybridized carbons (Fsp3) is 0.0952. The van der Waals surface area contributed by atoms with Crippen LogP contribution in [-0.4, -0.2) is 6.03 Å². The zero-order chi connectivity index (χ0) is 17.5. The molecule has 25 heavy (non-hydrogen) atoms. The predicted octanol–water partition coefficient (Wildman–Crippen LogP) is 4.74. The van der Waals surface area contributed by atoms with Crippen LogP contribution in [0.4, 0.5) is 14.9 Å². The van der Waals surface area contributed by atoms with Crippen molar-refractivity contribution in [2.45, 2.75) is 13.1 Å². The van der Waals surface area contributed by atoms with Crippen LogP contribution < -0.4 is 10.2 Å². The molecule has 0 bridgehead atoms.